The van der Waals surface area contributed by atoms with Crippen LogP contribution >= 0.6 is 11.8 Å². The van der Waals surface area contributed by atoms with Gasteiger partial charge in [0.2, 0.25) is 0 Å². The zero-order valence-electron chi connectivity index (χ0n) is 7.93. The summed E-state index contributed by atoms with van der Waals surface area (Å²) in [6.45, 7) is 2.14. The molecule has 0 bridgehead atoms. The summed E-state index contributed by atoms with van der Waals surface area (Å²) in [5, 5.41) is 10.0. The second-order valence-corrected chi connectivity index (χ2v) is 4.78. The lowest BCUT2D eigenvalue weighted by atomic mass is 10.0. The van der Waals surface area contributed by atoms with Gasteiger partial charge in [-0.1, -0.05) is 25.1 Å². The highest BCUT2D eigenvalue weighted by Gasteiger charge is 2.39. The fourth-order valence-corrected chi connectivity index (χ4v) is 2.84. The van der Waals surface area contributed by atoms with Crippen molar-refractivity contribution in [1.29, 1.82) is 0 Å². The van der Waals surface area contributed by atoms with E-state index in [0.717, 1.165) is 12.0 Å². The number of carbonyl (C=O) groups is 1. The first-order valence-electron chi connectivity index (χ1n) is 4.71. The molecule has 0 aromatic heterocycles. The Balaban J connectivity index is 2.29. The largest absolute Gasteiger partial charge is 0.478 e. The van der Waals surface area contributed by atoms with E-state index in [-0.39, 0.29) is 0 Å². The van der Waals surface area contributed by atoms with Gasteiger partial charge in [-0.15, -0.1) is 11.8 Å². The van der Waals surface area contributed by atoms with Crippen molar-refractivity contribution >= 4 is 17.7 Å². The van der Waals surface area contributed by atoms with Crippen LogP contribution in [0.5, 0.6) is 0 Å². The van der Waals surface area contributed by atoms with Gasteiger partial charge in [-0.25, -0.2) is 4.79 Å². The molecular formula is C11H12O2S. The third-order valence-electron chi connectivity index (χ3n) is 2.48. The molecule has 1 heterocycles. The van der Waals surface area contributed by atoms with Crippen LogP contribution in [0, 0.1) is 0 Å². The molecule has 1 saturated heterocycles. The molecule has 0 amide bonds. The third kappa shape index (κ3) is 1.64. The van der Waals surface area contributed by atoms with E-state index in [0.29, 0.717) is 16.1 Å². The average molecular weight is 208 g/mol. The molecule has 1 aromatic carbocycles. The van der Waals surface area contributed by atoms with E-state index in [2.05, 4.69) is 6.92 Å². The number of carboxylic acids is 1. The van der Waals surface area contributed by atoms with Crippen LogP contribution in [0.3, 0.4) is 0 Å². The molecular weight excluding hydrogens is 196 g/mol. The van der Waals surface area contributed by atoms with Crippen LogP contribution in [0.15, 0.2) is 24.3 Å². The summed E-state index contributed by atoms with van der Waals surface area (Å²) in [4.78, 5) is 10.9. The van der Waals surface area contributed by atoms with E-state index in [1.165, 1.54) is 0 Å². The minimum absolute atomic E-state index is 0.410. The molecule has 1 aliphatic heterocycles. The first-order chi connectivity index (χ1) is 6.74. The molecule has 0 saturated carbocycles. The van der Waals surface area contributed by atoms with Crippen LogP contribution in [0.4, 0.5) is 0 Å². The first-order valence-corrected chi connectivity index (χ1v) is 5.66. The summed E-state index contributed by atoms with van der Waals surface area (Å²) in [6.07, 6.45) is 1.11. The average Bonchev–Trinajstić information content (AvgIpc) is 2.96. The Morgan fingerprint density at radius 1 is 1.50 bits per heavy atom. The number of rotatable bonds is 3. The molecule has 2 nitrogen and oxygen atoms in total. The van der Waals surface area contributed by atoms with Crippen molar-refractivity contribution in [2.45, 2.75) is 23.8 Å². The van der Waals surface area contributed by atoms with E-state index < -0.39 is 5.97 Å². The fourth-order valence-electron chi connectivity index (χ4n) is 1.67. The molecule has 3 heteroatoms. The van der Waals surface area contributed by atoms with Crippen molar-refractivity contribution < 1.29 is 9.90 Å². The molecule has 1 aromatic rings. The van der Waals surface area contributed by atoms with E-state index in [9.17, 15) is 4.79 Å². The van der Waals surface area contributed by atoms with Crippen LogP contribution in [-0.4, -0.2) is 16.3 Å². The Bertz CT molecular complexity index is 362. The van der Waals surface area contributed by atoms with Gasteiger partial charge in [0.1, 0.15) is 0 Å². The zero-order valence-corrected chi connectivity index (χ0v) is 8.75. The molecule has 0 radical (unpaired) electrons. The van der Waals surface area contributed by atoms with Gasteiger partial charge in [-0.2, -0.15) is 0 Å². The topological polar surface area (TPSA) is 37.3 Å². The predicted octanol–water partition coefficient (Wildman–Crippen LogP) is 2.95. The number of thioether (sulfide) groups is 1. The quantitative estimate of drug-likeness (QED) is 0.776. The molecule has 0 aliphatic carbocycles. The Kier molecular flexibility index (Phi) is 2.50. The Morgan fingerprint density at radius 3 is 2.79 bits per heavy atom. The van der Waals surface area contributed by atoms with Gasteiger partial charge in [0.05, 0.1) is 5.56 Å². The highest BCUT2D eigenvalue weighted by Crippen LogP contribution is 2.57. The van der Waals surface area contributed by atoms with Crippen LogP contribution < -0.4 is 0 Å². The van der Waals surface area contributed by atoms with Crippen molar-refractivity contribution in [2.75, 3.05) is 0 Å². The van der Waals surface area contributed by atoms with Gasteiger partial charge in [-0.3, -0.25) is 0 Å². The van der Waals surface area contributed by atoms with Crippen LogP contribution in [-0.2, 0) is 0 Å². The number of hydrogen-bond donors (Lipinski definition) is 1. The number of carboxylic acid groups (broad SMARTS) is 1. The molecule has 2 atom stereocenters. The SMILES string of the molecule is CC[C@@H]1S[C@H]1c1ccccc1C(=O)O. The maximum atomic E-state index is 10.9. The third-order valence-corrected chi connectivity index (χ3v) is 4.00. The summed E-state index contributed by atoms with van der Waals surface area (Å²) in [7, 11) is 0. The Morgan fingerprint density at radius 2 is 2.21 bits per heavy atom. The normalized spacial score (nSPS) is 24.6. The van der Waals surface area contributed by atoms with Crippen molar-refractivity contribution in [3.63, 3.8) is 0 Å². The smallest absolute Gasteiger partial charge is 0.336 e. The Hall–Kier alpha value is -0.960. The monoisotopic (exact) mass is 208 g/mol. The molecule has 1 N–H and O–H groups in total. The minimum Gasteiger partial charge on any atom is -0.478 e. The molecule has 1 fully saturated rings. The van der Waals surface area contributed by atoms with Crippen LogP contribution in [0.1, 0.15) is 34.5 Å². The summed E-state index contributed by atoms with van der Waals surface area (Å²) >= 11 is 1.86. The minimum atomic E-state index is -0.817. The van der Waals surface area contributed by atoms with Gasteiger partial charge in [0.15, 0.2) is 0 Å². The van der Waals surface area contributed by atoms with E-state index >= 15 is 0 Å². The van der Waals surface area contributed by atoms with Gasteiger partial charge in [-0.05, 0) is 18.1 Å². The highest BCUT2D eigenvalue weighted by molar-refractivity contribution is 8.07. The van der Waals surface area contributed by atoms with E-state index in [1.54, 1.807) is 12.1 Å². The van der Waals surface area contributed by atoms with Crippen LogP contribution in [0.2, 0.25) is 0 Å². The number of hydrogen-bond acceptors (Lipinski definition) is 2. The maximum Gasteiger partial charge on any atom is 0.336 e. The molecule has 0 unspecified atom stereocenters. The van der Waals surface area contributed by atoms with E-state index in [1.807, 2.05) is 23.9 Å². The second kappa shape index (κ2) is 3.65. The summed E-state index contributed by atoms with van der Waals surface area (Å²) < 4.78 is 0. The van der Waals surface area contributed by atoms with Crippen molar-refractivity contribution in [1.82, 2.24) is 0 Å². The fraction of sp³-hybridized carbons (Fsp3) is 0.364. The van der Waals surface area contributed by atoms with Crippen molar-refractivity contribution in [3.05, 3.63) is 35.4 Å². The first kappa shape index (κ1) is 9.59. The molecule has 0 spiro atoms. The highest BCUT2D eigenvalue weighted by atomic mass is 32.2. The summed E-state index contributed by atoms with van der Waals surface area (Å²) in [5.74, 6) is -0.817. The Labute approximate surface area is 87.3 Å². The summed E-state index contributed by atoms with van der Waals surface area (Å²) in [5.41, 5.74) is 1.44. The van der Waals surface area contributed by atoms with E-state index in [4.69, 9.17) is 5.11 Å². The zero-order chi connectivity index (χ0) is 10.1. The second-order valence-electron chi connectivity index (χ2n) is 3.40. The van der Waals surface area contributed by atoms with Gasteiger partial charge in [0.25, 0.3) is 0 Å². The van der Waals surface area contributed by atoms with Gasteiger partial charge >= 0.3 is 5.97 Å². The maximum absolute atomic E-state index is 10.9. The molecule has 1 aliphatic rings. The van der Waals surface area contributed by atoms with Crippen LogP contribution in [0.25, 0.3) is 0 Å². The number of aromatic carboxylic acids is 1. The lowest BCUT2D eigenvalue weighted by molar-refractivity contribution is 0.0696. The molecule has 2 rings (SSSR count). The lowest BCUT2D eigenvalue weighted by Crippen LogP contribution is -2.02. The van der Waals surface area contributed by atoms with Crippen molar-refractivity contribution in [3.8, 4) is 0 Å². The summed E-state index contributed by atoms with van der Waals surface area (Å²) in [6, 6.07) is 7.30. The lowest BCUT2D eigenvalue weighted by Gasteiger charge is -2.02. The van der Waals surface area contributed by atoms with Gasteiger partial charge < -0.3 is 5.11 Å². The number of benzene rings is 1. The van der Waals surface area contributed by atoms with Gasteiger partial charge in [0, 0.05) is 10.5 Å². The molecule has 74 valence electrons. The standard InChI is InChI=1S/C11H12O2S/c1-2-9-10(14-9)7-5-3-4-6-8(7)11(12)13/h3-6,9-10H,2H2,1H3,(H,12,13)/t9-,10-/m0/s1. The molecule has 14 heavy (non-hydrogen) atoms. The predicted molar refractivity (Wildman–Crippen MR) is 57.8 cm³/mol. The van der Waals surface area contributed by atoms with Crippen molar-refractivity contribution in [2.24, 2.45) is 0 Å².